The van der Waals surface area contributed by atoms with Crippen LogP contribution in [0.3, 0.4) is 0 Å². The number of nitrogen functional groups attached to an aromatic ring is 1. The van der Waals surface area contributed by atoms with Crippen molar-refractivity contribution in [2.45, 2.75) is 33.2 Å². The lowest BCUT2D eigenvalue weighted by Gasteiger charge is -2.16. The highest BCUT2D eigenvalue weighted by atomic mass is 35.5. The lowest BCUT2D eigenvalue weighted by atomic mass is 10.1. The van der Waals surface area contributed by atoms with Crippen LogP contribution in [0.15, 0.2) is 12.3 Å². The number of carbonyl (C=O) groups is 1. The number of halogens is 1. The number of aromatic nitrogens is 1. The van der Waals surface area contributed by atoms with Gasteiger partial charge in [0.05, 0.1) is 17.4 Å². The molecule has 1 rings (SSSR count). The molecule has 1 aromatic heterocycles. The monoisotopic (exact) mass is 255 g/mol. The summed E-state index contributed by atoms with van der Waals surface area (Å²) in [6.07, 6.45) is 2.34. The van der Waals surface area contributed by atoms with Gasteiger partial charge in [0, 0.05) is 6.04 Å². The first kappa shape index (κ1) is 13.8. The molecule has 1 amide bonds. The fourth-order valence-corrected chi connectivity index (χ4v) is 1.88. The number of carbonyl (C=O) groups excluding carboxylic acids is 1. The summed E-state index contributed by atoms with van der Waals surface area (Å²) in [6.45, 7) is 6.18. The number of rotatable bonds is 4. The minimum atomic E-state index is -0.233. The summed E-state index contributed by atoms with van der Waals surface area (Å²) in [4.78, 5) is 15.8. The Morgan fingerprint density at radius 1 is 1.53 bits per heavy atom. The van der Waals surface area contributed by atoms with E-state index in [1.54, 1.807) is 0 Å². The highest BCUT2D eigenvalue weighted by molar-refractivity contribution is 6.32. The molecular weight excluding hydrogens is 238 g/mol. The van der Waals surface area contributed by atoms with E-state index < -0.39 is 0 Å². The topological polar surface area (TPSA) is 68.0 Å². The van der Waals surface area contributed by atoms with Gasteiger partial charge in [-0.1, -0.05) is 25.4 Å². The van der Waals surface area contributed by atoms with Crippen LogP contribution in [-0.2, 0) is 0 Å². The number of hydrogen-bond donors (Lipinski definition) is 2. The Labute approximate surface area is 107 Å². The highest BCUT2D eigenvalue weighted by Crippen LogP contribution is 2.16. The molecule has 17 heavy (non-hydrogen) atoms. The minimum Gasteiger partial charge on any atom is -0.397 e. The first-order chi connectivity index (χ1) is 7.90. The van der Waals surface area contributed by atoms with Crippen molar-refractivity contribution in [1.82, 2.24) is 10.3 Å². The quantitative estimate of drug-likeness (QED) is 0.813. The zero-order chi connectivity index (χ0) is 13.0. The third kappa shape index (κ3) is 4.23. The Bertz CT molecular complexity index is 407. The first-order valence-corrected chi connectivity index (χ1v) is 5.99. The van der Waals surface area contributed by atoms with Gasteiger partial charge in [-0.05, 0) is 25.3 Å². The van der Waals surface area contributed by atoms with Gasteiger partial charge in [-0.25, -0.2) is 4.98 Å². The zero-order valence-corrected chi connectivity index (χ0v) is 11.1. The fraction of sp³-hybridized carbons (Fsp3) is 0.500. The van der Waals surface area contributed by atoms with Crippen molar-refractivity contribution >= 4 is 23.2 Å². The van der Waals surface area contributed by atoms with Crippen molar-refractivity contribution in [3.8, 4) is 0 Å². The van der Waals surface area contributed by atoms with E-state index in [0.717, 1.165) is 6.42 Å². The summed E-state index contributed by atoms with van der Waals surface area (Å²) in [5, 5.41) is 3.05. The molecule has 5 heteroatoms. The fourth-order valence-electron chi connectivity index (χ4n) is 1.69. The number of amides is 1. The number of pyridine rings is 1. The second kappa shape index (κ2) is 5.87. The van der Waals surface area contributed by atoms with Gasteiger partial charge in [0.15, 0.2) is 0 Å². The van der Waals surface area contributed by atoms with Crippen molar-refractivity contribution in [3.63, 3.8) is 0 Å². The molecule has 0 bridgehead atoms. The number of nitrogens with zero attached hydrogens (tertiary/aromatic N) is 1. The maximum Gasteiger partial charge on any atom is 0.254 e. The van der Waals surface area contributed by atoms with Crippen LogP contribution in [0.5, 0.6) is 0 Å². The van der Waals surface area contributed by atoms with E-state index in [-0.39, 0.29) is 17.1 Å². The van der Waals surface area contributed by atoms with Crippen LogP contribution < -0.4 is 11.1 Å². The van der Waals surface area contributed by atoms with Gasteiger partial charge in [-0.15, -0.1) is 0 Å². The average molecular weight is 256 g/mol. The summed E-state index contributed by atoms with van der Waals surface area (Å²) < 4.78 is 0. The third-order valence-electron chi connectivity index (χ3n) is 2.31. The summed E-state index contributed by atoms with van der Waals surface area (Å²) in [6, 6.07) is 1.63. The first-order valence-electron chi connectivity index (χ1n) is 5.62. The maximum atomic E-state index is 11.9. The van der Waals surface area contributed by atoms with Gasteiger partial charge in [0.2, 0.25) is 0 Å². The van der Waals surface area contributed by atoms with Crippen LogP contribution in [0.25, 0.3) is 0 Å². The van der Waals surface area contributed by atoms with Crippen LogP contribution in [-0.4, -0.2) is 16.9 Å². The minimum absolute atomic E-state index is 0.0972. The molecule has 1 unspecified atom stereocenters. The summed E-state index contributed by atoms with van der Waals surface area (Å²) in [7, 11) is 0. The van der Waals surface area contributed by atoms with E-state index in [1.165, 1.54) is 12.3 Å². The predicted molar refractivity (Wildman–Crippen MR) is 70.0 cm³/mol. The molecule has 4 nitrogen and oxygen atoms in total. The molecule has 3 N–H and O–H groups in total. The molecule has 0 aliphatic heterocycles. The highest BCUT2D eigenvalue weighted by Gasteiger charge is 2.15. The summed E-state index contributed by atoms with van der Waals surface area (Å²) in [5.41, 5.74) is 6.32. The molecule has 1 aromatic rings. The number of nitrogens with one attached hydrogen (secondary N) is 1. The van der Waals surface area contributed by atoms with Crippen LogP contribution in [0.4, 0.5) is 5.69 Å². The molecule has 0 fully saturated rings. The van der Waals surface area contributed by atoms with Crippen molar-refractivity contribution in [2.24, 2.45) is 5.92 Å². The van der Waals surface area contributed by atoms with Gasteiger partial charge in [0.25, 0.3) is 5.91 Å². The third-order valence-corrected chi connectivity index (χ3v) is 2.61. The lowest BCUT2D eigenvalue weighted by molar-refractivity contribution is 0.0936. The molecule has 0 radical (unpaired) electrons. The van der Waals surface area contributed by atoms with E-state index in [2.05, 4.69) is 24.1 Å². The van der Waals surface area contributed by atoms with Crippen LogP contribution >= 0.6 is 11.6 Å². The van der Waals surface area contributed by atoms with Crippen molar-refractivity contribution in [3.05, 3.63) is 23.0 Å². The second-order valence-electron chi connectivity index (χ2n) is 4.61. The number of hydrogen-bond acceptors (Lipinski definition) is 3. The van der Waals surface area contributed by atoms with E-state index >= 15 is 0 Å². The lowest BCUT2D eigenvalue weighted by Crippen LogP contribution is -2.33. The SMILES string of the molecule is CC(C)CC(C)NC(=O)c1cc(N)cnc1Cl. The second-order valence-corrected chi connectivity index (χ2v) is 4.97. The Kier molecular flexibility index (Phi) is 4.75. The van der Waals surface area contributed by atoms with Crippen LogP contribution in [0.1, 0.15) is 37.6 Å². The number of anilines is 1. The van der Waals surface area contributed by atoms with E-state index in [1.807, 2.05) is 6.92 Å². The normalized spacial score (nSPS) is 12.5. The van der Waals surface area contributed by atoms with Gasteiger partial charge < -0.3 is 11.1 Å². The van der Waals surface area contributed by atoms with E-state index in [9.17, 15) is 4.79 Å². The summed E-state index contributed by atoms with van der Waals surface area (Å²) >= 11 is 5.85. The molecule has 0 aliphatic carbocycles. The standard InChI is InChI=1S/C12H18ClN3O/c1-7(2)4-8(3)16-12(17)10-5-9(14)6-15-11(10)13/h5-8H,4,14H2,1-3H3,(H,16,17). The Morgan fingerprint density at radius 2 is 2.18 bits per heavy atom. The molecule has 0 aliphatic rings. The van der Waals surface area contributed by atoms with Crippen molar-refractivity contribution in [1.29, 1.82) is 0 Å². The largest absolute Gasteiger partial charge is 0.397 e. The summed E-state index contributed by atoms with van der Waals surface area (Å²) in [5.74, 6) is 0.294. The van der Waals surface area contributed by atoms with Crippen LogP contribution in [0.2, 0.25) is 5.15 Å². The predicted octanol–water partition coefficient (Wildman–Crippen LogP) is 2.48. The smallest absolute Gasteiger partial charge is 0.254 e. The van der Waals surface area contributed by atoms with Gasteiger partial charge in [0.1, 0.15) is 5.15 Å². The van der Waals surface area contributed by atoms with Gasteiger partial charge in [-0.3, -0.25) is 4.79 Å². The molecular formula is C12H18ClN3O. The van der Waals surface area contributed by atoms with Crippen molar-refractivity contribution in [2.75, 3.05) is 5.73 Å². The molecule has 94 valence electrons. The van der Waals surface area contributed by atoms with Gasteiger partial charge in [-0.2, -0.15) is 0 Å². The Morgan fingerprint density at radius 3 is 2.76 bits per heavy atom. The van der Waals surface area contributed by atoms with Crippen LogP contribution in [0, 0.1) is 5.92 Å². The average Bonchev–Trinajstić information content (AvgIpc) is 2.20. The zero-order valence-electron chi connectivity index (χ0n) is 10.3. The molecule has 1 atom stereocenters. The van der Waals surface area contributed by atoms with E-state index in [0.29, 0.717) is 17.2 Å². The Balaban J connectivity index is 2.73. The molecule has 0 saturated heterocycles. The Hall–Kier alpha value is -1.29. The van der Waals surface area contributed by atoms with Gasteiger partial charge >= 0.3 is 0 Å². The molecule has 0 saturated carbocycles. The number of nitrogens with two attached hydrogens (primary N) is 1. The van der Waals surface area contributed by atoms with Crippen molar-refractivity contribution < 1.29 is 4.79 Å². The maximum absolute atomic E-state index is 11.9. The molecule has 0 aromatic carbocycles. The molecule has 0 spiro atoms. The molecule has 1 heterocycles. The van der Waals surface area contributed by atoms with E-state index in [4.69, 9.17) is 17.3 Å².